The van der Waals surface area contributed by atoms with Crippen molar-refractivity contribution in [1.82, 2.24) is 15.5 Å². The Hall–Kier alpha value is -2.61. The zero-order valence-corrected chi connectivity index (χ0v) is 24.7. The zero-order chi connectivity index (χ0) is 28.7. The van der Waals surface area contributed by atoms with Gasteiger partial charge in [-0.05, 0) is 92.2 Å². The molecule has 0 saturated carbocycles. The minimum atomic E-state index is -1.27. The number of aryl methyl sites for hydroxylation is 2. The molecule has 0 spiro atoms. The minimum absolute atomic E-state index is 0.320. The van der Waals surface area contributed by atoms with E-state index in [1.807, 2.05) is 59.7 Å². The fraction of sp³-hybridized carbons (Fsp3) is 0.690. The average molecular weight is 520 g/mol. The first kappa shape index (κ1) is 32.4. The molecule has 0 heterocycles. The third kappa shape index (κ3) is 10.7. The van der Waals surface area contributed by atoms with Crippen molar-refractivity contribution in [1.29, 1.82) is 0 Å². The summed E-state index contributed by atoms with van der Waals surface area (Å²) < 4.78 is 5.32. The van der Waals surface area contributed by atoms with Crippen LogP contribution < -0.4 is 10.6 Å². The summed E-state index contributed by atoms with van der Waals surface area (Å²) >= 11 is 0. The molecule has 8 nitrogen and oxygen atoms in total. The molecule has 1 rings (SSSR count). The van der Waals surface area contributed by atoms with Crippen molar-refractivity contribution in [2.24, 2.45) is 5.92 Å². The van der Waals surface area contributed by atoms with E-state index in [9.17, 15) is 19.5 Å². The van der Waals surface area contributed by atoms with Gasteiger partial charge in [0.1, 0.15) is 17.7 Å². The van der Waals surface area contributed by atoms with Crippen LogP contribution in [0.15, 0.2) is 18.2 Å². The number of carbonyl (C=O) groups excluding carboxylic acids is 3. The zero-order valence-electron chi connectivity index (χ0n) is 24.7. The first-order valence-corrected chi connectivity index (χ1v) is 13.2. The second-order valence-corrected chi connectivity index (χ2v) is 12.4. The van der Waals surface area contributed by atoms with E-state index < -0.39 is 41.8 Å². The number of benzene rings is 1. The molecule has 3 atom stereocenters. The summed E-state index contributed by atoms with van der Waals surface area (Å²) in [7, 11) is 0. The molecule has 0 aliphatic heterocycles. The molecule has 0 saturated heterocycles. The van der Waals surface area contributed by atoms with Crippen LogP contribution in [0.25, 0.3) is 0 Å². The van der Waals surface area contributed by atoms with Crippen LogP contribution in [0.5, 0.6) is 0 Å². The van der Waals surface area contributed by atoms with Gasteiger partial charge in [0.15, 0.2) is 0 Å². The number of carbonyl (C=O) groups is 3. The average Bonchev–Trinajstić information content (AvgIpc) is 2.72. The minimum Gasteiger partial charge on any atom is -0.444 e. The van der Waals surface area contributed by atoms with Crippen molar-refractivity contribution in [3.8, 4) is 0 Å². The molecule has 0 fully saturated rings. The van der Waals surface area contributed by atoms with E-state index in [0.29, 0.717) is 17.9 Å². The third-order valence-corrected chi connectivity index (χ3v) is 5.82. The molecule has 0 aromatic heterocycles. The van der Waals surface area contributed by atoms with Crippen molar-refractivity contribution in [3.05, 3.63) is 34.9 Å². The normalized spacial score (nSPS) is 14.5. The highest BCUT2D eigenvalue weighted by molar-refractivity contribution is 5.93. The van der Waals surface area contributed by atoms with Crippen molar-refractivity contribution >= 4 is 17.9 Å². The maximum Gasteiger partial charge on any atom is 0.408 e. The summed E-state index contributed by atoms with van der Waals surface area (Å²) in [5, 5.41) is 15.7. The van der Waals surface area contributed by atoms with Crippen LogP contribution in [-0.2, 0) is 14.3 Å². The Morgan fingerprint density at radius 3 is 2.08 bits per heavy atom. The van der Waals surface area contributed by atoms with Crippen molar-refractivity contribution in [3.63, 3.8) is 0 Å². The Labute approximate surface area is 223 Å². The van der Waals surface area contributed by atoms with Crippen LogP contribution in [0.2, 0.25) is 0 Å². The van der Waals surface area contributed by atoms with Gasteiger partial charge in [0.25, 0.3) is 0 Å². The van der Waals surface area contributed by atoms with Crippen LogP contribution in [0.4, 0.5) is 4.79 Å². The van der Waals surface area contributed by atoms with Gasteiger partial charge in [-0.25, -0.2) is 4.79 Å². The lowest BCUT2D eigenvalue weighted by molar-refractivity contribution is -0.146. The number of amides is 3. The van der Waals surface area contributed by atoms with Crippen LogP contribution >= 0.6 is 0 Å². The Morgan fingerprint density at radius 1 is 1.00 bits per heavy atom. The van der Waals surface area contributed by atoms with E-state index in [1.54, 1.807) is 20.8 Å². The van der Waals surface area contributed by atoms with Gasteiger partial charge in [-0.3, -0.25) is 9.59 Å². The monoisotopic (exact) mass is 519 g/mol. The fourth-order valence-corrected chi connectivity index (χ4v) is 4.04. The molecule has 3 N–H and O–H groups in total. The van der Waals surface area contributed by atoms with Crippen molar-refractivity contribution in [2.75, 3.05) is 6.61 Å². The smallest absolute Gasteiger partial charge is 0.408 e. The lowest BCUT2D eigenvalue weighted by atomic mass is 9.93. The number of nitrogens with zero attached hydrogens (tertiary/aromatic N) is 1. The van der Waals surface area contributed by atoms with Gasteiger partial charge in [0, 0.05) is 11.6 Å². The molecule has 3 amide bonds. The largest absolute Gasteiger partial charge is 0.444 e. The number of nitrogens with one attached hydrogen (secondary N) is 2. The first-order chi connectivity index (χ1) is 16.9. The summed E-state index contributed by atoms with van der Waals surface area (Å²) in [6.45, 7) is 20.2. The molecule has 3 unspecified atom stereocenters. The molecule has 1 aromatic rings. The summed E-state index contributed by atoms with van der Waals surface area (Å²) in [4.78, 5) is 41.9. The number of aliphatic hydroxyl groups is 1. The van der Waals surface area contributed by atoms with Gasteiger partial charge >= 0.3 is 6.09 Å². The molecule has 37 heavy (non-hydrogen) atoms. The molecular weight excluding hydrogens is 470 g/mol. The maximum atomic E-state index is 14.1. The second kappa shape index (κ2) is 13.3. The van der Waals surface area contributed by atoms with Gasteiger partial charge in [-0.15, -0.1) is 0 Å². The van der Waals surface area contributed by atoms with Crippen LogP contribution in [0.1, 0.15) is 97.9 Å². The molecule has 8 heteroatoms. The molecular formula is C29H49N3O5. The molecule has 0 aliphatic rings. The molecule has 0 aliphatic carbocycles. The number of rotatable bonds is 10. The van der Waals surface area contributed by atoms with Gasteiger partial charge in [-0.2, -0.15) is 0 Å². The Kier molecular flexibility index (Phi) is 11.6. The quantitative estimate of drug-likeness (QED) is 0.412. The third-order valence-electron chi connectivity index (χ3n) is 5.82. The highest BCUT2D eigenvalue weighted by Gasteiger charge is 2.40. The van der Waals surface area contributed by atoms with E-state index in [2.05, 4.69) is 24.5 Å². The lowest BCUT2D eigenvalue weighted by Gasteiger charge is -2.40. The van der Waals surface area contributed by atoms with Crippen LogP contribution in [0, 0.1) is 19.8 Å². The molecule has 0 bridgehead atoms. The fourth-order valence-electron chi connectivity index (χ4n) is 4.04. The maximum absolute atomic E-state index is 14.1. The SMILES string of the molecule is Cc1ccc(C)c(C(C(=O)NC(C)(C)C)N(C(=O)C(CO)NC(=O)OC(C)(C)C)C(C)CCC(C)C)c1. The van der Waals surface area contributed by atoms with Gasteiger partial charge in [0.05, 0.1) is 6.61 Å². The number of ether oxygens (including phenoxy) is 1. The first-order valence-electron chi connectivity index (χ1n) is 13.2. The summed E-state index contributed by atoms with van der Waals surface area (Å²) in [5.74, 6) is -0.463. The van der Waals surface area contributed by atoms with Gasteiger partial charge in [-0.1, -0.05) is 37.6 Å². The van der Waals surface area contributed by atoms with E-state index in [1.165, 1.54) is 4.90 Å². The van der Waals surface area contributed by atoms with Crippen molar-refractivity contribution < 1.29 is 24.2 Å². The second-order valence-electron chi connectivity index (χ2n) is 12.4. The number of alkyl carbamates (subject to hydrolysis) is 1. The lowest BCUT2D eigenvalue weighted by Crippen LogP contribution is -2.58. The highest BCUT2D eigenvalue weighted by Crippen LogP contribution is 2.30. The van der Waals surface area contributed by atoms with Crippen molar-refractivity contribution in [2.45, 2.75) is 118 Å². The molecule has 210 valence electrons. The van der Waals surface area contributed by atoms with Crippen LogP contribution in [-0.4, -0.2) is 57.7 Å². The molecule has 0 radical (unpaired) electrons. The number of hydrogen-bond acceptors (Lipinski definition) is 5. The van der Waals surface area contributed by atoms with Gasteiger partial charge in [0.2, 0.25) is 11.8 Å². The number of hydrogen-bond donors (Lipinski definition) is 3. The van der Waals surface area contributed by atoms with E-state index in [4.69, 9.17) is 4.74 Å². The van der Waals surface area contributed by atoms with E-state index in [0.717, 1.165) is 17.5 Å². The standard InChI is InChI=1S/C29H49N3O5/c1-18(2)12-15-21(5)32(26(35)23(17-33)30-27(36)37-29(9,10)11)24(25(34)31-28(6,7)8)22-16-19(3)13-14-20(22)4/h13-14,16,18,21,23-24,33H,12,15,17H2,1-11H3,(H,30,36)(H,31,34). The molecule has 1 aromatic carbocycles. The Balaban J connectivity index is 3.65. The Morgan fingerprint density at radius 2 is 1.59 bits per heavy atom. The summed E-state index contributed by atoms with van der Waals surface area (Å²) in [6.07, 6.45) is 0.685. The van der Waals surface area contributed by atoms with Gasteiger partial charge < -0.3 is 25.4 Å². The van der Waals surface area contributed by atoms with E-state index in [-0.39, 0.29) is 11.9 Å². The predicted octanol–water partition coefficient (Wildman–Crippen LogP) is 4.80. The summed E-state index contributed by atoms with van der Waals surface area (Å²) in [6, 6.07) is 3.25. The predicted molar refractivity (Wildman–Crippen MR) is 147 cm³/mol. The topological polar surface area (TPSA) is 108 Å². The van der Waals surface area contributed by atoms with Crippen LogP contribution in [0.3, 0.4) is 0 Å². The highest BCUT2D eigenvalue weighted by atomic mass is 16.6. The number of aliphatic hydroxyl groups excluding tert-OH is 1. The van der Waals surface area contributed by atoms with E-state index >= 15 is 0 Å². The Bertz CT molecular complexity index is 930. The summed E-state index contributed by atoms with van der Waals surface area (Å²) in [5.41, 5.74) is 1.23.